The predicted molar refractivity (Wildman–Crippen MR) is 124 cm³/mol. The number of fused-ring (bicyclic) bond motifs is 1. The molecule has 3 aromatic rings. The molecule has 6 heteroatoms. The van der Waals surface area contributed by atoms with E-state index in [4.69, 9.17) is 9.97 Å². The summed E-state index contributed by atoms with van der Waals surface area (Å²) in [7, 11) is 0. The lowest BCUT2D eigenvalue weighted by molar-refractivity contribution is -0.130. The van der Waals surface area contributed by atoms with Gasteiger partial charge < -0.3 is 15.3 Å². The molecule has 6 nitrogen and oxygen atoms in total. The number of aromatic nitrogens is 2. The van der Waals surface area contributed by atoms with Gasteiger partial charge in [0.2, 0.25) is 5.91 Å². The molecular formula is C24H32N4O2. The van der Waals surface area contributed by atoms with E-state index in [0.717, 1.165) is 59.6 Å². The van der Waals surface area contributed by atoms with Gasteiger partial charge in [-0.15, -0.1) is 0 Å². The molecule has 2 aromatic carbocycles. The molecule has 1 fully saturated rings. The van der Waals surface area contributed by atoms with E-state index in [1.807, 2.05) is 30.3 Å². The topological polar surface area (TPSA) is 78.4 Å². The Morgan fingerprint density at radius 2 is 1.87 bits per heavy atom. The van der Waals surface area contributed by atoms with E-state index in [1.165, 1.54) is 0 Å². The van der Waals surface area contributed by atoms with Crippen LogP contribution in [-0.2, 0) is 4.79 Å². The van der Waals surface area contributed by atoms with Crippen molar-refractivity contribution in [2.45, 2.75) is 45.3 Å². The molecule has 1 aromatic heterocycles. The lowest BCUT2D eigenvalue weighted by atomic mass is 10.0. The quantitative estimate of drug-likeness (QED) is 0.668. The van der Waals surface area contributed by atoms with E-state index in [0.29, 0.717) is 6.42 Å². The van der Waals surface area contributed by atoms with Gasteiger partial charge in [0.15, 0.2) is 5.82 Å². The summed E-state index contributed by atoms with van der Waals surface area (Å²) in [4.78, 5) is 24.1. The zero-order chi connectivity index (χ0) is 21.1. The second-order valence-electron chi connectivity index (χ2n) is 7.90. The van der Waals surface area contributed by atoms with E-state index in [2.05, 4.69) is 35.3 Å². The van der Waals surface area contributed by atoms with Crippen LogP contribution in [0.25, 0.3) is 22.3 Å². The number of piperidine rings is 1. The van der Waals surface area contributed by atoms with Crippen molar-refractivity contribution in [3.63, 3.8) is 0 Å². The van der Waals surface area contributed by atoms with Crippen LogP contribution in [0.15, 0.2) is 48.5 Å². The zero-order valence-electron chi connectivity index (χ0n) is 17.5. The lowest BCUT2D eigenvalue weighted by Crippen LogP contribution is -2.47. The van der Waals surface area contributed by atoms with Gasteiger partial charge in [0, 0.05) is 32.9 Å². The molecule has 2 heterocycles. The van der Waals surface area contributed by atoms with Crippen molar-refractivity contribution >= 4 is 22.6 Å². The van der Waals surface area contributed by atoms with Crippen LogP contribution in [0, 0.1) is 6.92 Å². The summed E-state index contributed by atoms with van der Waals surface area (Å²) in [6.07, 6.45) is 1.14. The number of nitrogens with one attached hydrogen (secondary N) is 1. The molecule has 1 aliphatic rings. The molecule has 1 aliphatic heterocycles. The van der Waals surface area contributed by atoms with Crippen LogP contribution in [0.2, 0.25) is 0 Å². The van der Waals surface area contributed by atoms with Gasteiger partial charge in [-0.2, -0.15) is 0 Å². The first-order chi connectivity index (χ1) is 14.6. The van der Waals surface area contributed by atoms with Gasteiger partial charge in [-0.1, -0.05) is 43.3 Å². The van der Waals surface area contributed by atoms with Crippen molar-refractivity contribution in [2.24, 2.45) is 0 Å². The van der Waals surface area contributed by atoms with E-state index in [9.17, 15) is 9.90 Å². The van der Waals surface area contributed by atoms with Crippen molar-refractivity contribution in [2.75, 3.05) is 18.0 Å². The smallest absolute Gasteiger partial charge is 0.249 e. The molecule has 2 N–H and O–H groups in total. The number of anilines is 1. The fourth-order valence-electron chi connectivity index (χ4n) is 3.96. The molecule has 0 bridgehead atoms. The number of para-hydroxylation sites is 1. The van der Waals surface area contributed by atoms with Gasteiger partial charge in [0.1, 0.15) is 11.9 Å². The average molecular weight is 409 g/mol. The number of aryl methyl sites for hydroxylation is 1. The van der Waals surface area contributed by atoms with Crippen LogP contribution in [-0.4, -0.2) is 46.2 Å². The second-order valence-corrected chi connectivity index (χ2v) is 7.90. The molecule has 1 atom stereocenters. The number of nitrogens with zero attached hydrogens (tertiary/aromatic N) is 3. The number of aliphatic hydroxyl groups is 1. The zero-order valence-corrected chi connectivity index (χ0v) is 17.5. The van der Waals surface area contributed by atoms with Crippen molar-refractivity contribution < 1.29 is 12.8 Å². The van der Waals surface area contributed by atoms with Gasteiger partial charge in [0.05, 0.1) is 5.52 Å². The molecule has 0 saturated carbocycles. The number of aliphatic hydroxyl groups excluding tert-OH is 1. The first-order valence-corrected chi connectivity index (χ1v) is 10.6. The average Bonchev–Trinajstić information content (AvgIpc) is 2.78. The minimum atomic E-state index is -0.925. The second kappa shape index (κ2) is 8.79. The highest BCUT2D eigenvalue weighted by atomic mass is 16.3. The van der Waals surface area contributed by atoms with Crippen molar-refractivity contribution in [3.8, 4) is 11.4 Å². The van der Waals surface area contributed by atoms with Crippen LogP contribution >= 0.6 is 0 Å². The Kier molecular flexibility index (Phi) is 5.95. The summed E-state index contributed by atoms with van der Waals surface area (Å²) in [5.41, 5.74) is 3.12. The highest BCUT2D eigenvalue weighted by molar-refractivity contribution is 5.91. The number of benzene rings is 2. The Morgan fingerprint density at radius 3 is 2.60 bits per heavy atom. The van der Waals surface area contributed by atoms with Gasteiger partial charge in [0.25, 0.3) is 0 Å². The predicted octanol–water partition coefficient (Wildman–Crippen LogP) is 3.95. The SMILES string of the molecule is CC[C@H](O)C(=O)NC1CCN(c2nc(-c3ccccc3C)nc3ccccc23)CC1.[HH].[HH]. The number of carbonyl (C=O) groups excluding carboxylic acids is 1. The molecular weight excluding hydrogens is 376 g/mol. The van der Waals surface area contributed by atoms with Crippen LogP contribution in [0.1, 0.15) is 34.6 Å². The van der Waals surface area contributed by atoms with Gasteiger partial charge >= 0.3 is 0 Å². The number of carbonyl (C=O) groups is 1. The molecule has 0 aliphatic carbocycles. The van der Waals surface area contributed by atoms with E-state index >= 15 is 0 Å². The number of hydrogen-bond acceptors (Lipinski definition) is 5. The Balaban J connectivity index is 0.00000181. The van der Waals surface area contributed by atoms with Crippen molar-refractivity contribution in [1.82, 2.24) is 15.3 Å². The highest BCUT2D eigenvalue weighted by Gasteiger charge is 2.25. The van der Waals surface area contributed by atoms with Crippen LogP contribution in [0.4, 0.5) is 5.82 Å². The molecule has 4 rings (SSSR count). The normalized spacial score (nSPS) is 15.9. The number of rotatable bonds is 5. The first-order valence-electron chi connectivity index (χ1n) is 10.6. The highest BCUT2D eigenvalue weighted by Crippen LogP contribution is 2.30. The summed E-state index contributed by atoms with van der Waals surface area (Å²) < 4.78 is 0. The van der Waals surface area contributed by atoms with E-state index < -0.39 is 6.10 Å². The number of amides is 1. The molecule has 0 spiro atoms. The van der Waals surface area contributed by atoms with Crippen molar-refractivity contribution in [1.29, 1.82) is 0 Å². The summed E-state index contributed by atoms with van der Waals surface area (Å²) in [6.45, 7) is 5.47. The third-order valence-electron chi connectivity index (χ3n) is 5.80. The molecule has 160 valence electrons. The standard InChI is InChI=1S/C24H28N4O2.2H2/c1-3-21(29)24(30)25-17-12-14-28(15-13-17)23-19-10-6-7-11-20(19)26-22(27-23)18-9-5-4-8-16(18)2;;/h4-11,17,21,29H,3,12-15H2,1-2H3,(H,25,30);2*1H/t21-;;/m0../s1. The molecule has 1 saturated heterocycles. The maximum atomic E-state index is 12.0. The minimum Gasteiger partial charge on any atom is -0.383 e. The minimum absolute atomic E-state index is 0. The van der Waals surface area contributed by atoms with Crippen LogP contribution in [0.5, 0.6) is 0 Å². The fraction of sp³-hybridized carbons (Fsp3) is 0.375. The lowest BCUT2D eigenvalue weighted by Gasteiger charge is -2.34. The van der Waals surface area contributed by atoms with Crippen LogP contribution < -0.4 is 10.2 Å². The third-order valence-corrected chi connectivity index (χ3v) is 5.80. The molecule has 0 unspecified atom stereocenters. The monoisotopic (exact) mass is 408 g/mol. The summed E-state index contributed by atoms with van der Waals surface area (Å²) in [5, 5.41) is 13.7. The van der Waals surface area contributed by atoms with Gasteiger partial charge in [-0.3, -0.25) is 4.79 Å². The Bertz CT molecular complexity index is 1060. The van der Waals surface area contributed by atoms with E-state index in [-0.39, 0.29) is 14.8 Å². The third kappa shape index (κ3) is 4.14. The number of hydrogen-bond donors (Lipinski definition) is 2. The molecule has 1 amide bonds. The molecule has 30 heavy (non-hydrogen) atoms. The molecule has 0 radical (unpaired) electrons. The maximum Gasteiger partial charge on any atom is 0.249 e. The van der Waals surface area contributed by atoms with E-state index in [1.54, 1.807) is 6.92 Å². The van der Waals surface area contributed by atoms with Gasteiger partial charge in [-0.25, -0.2) is 9.97 Å². The van der Waals surface area contributed by atoms with Crippen LogP contribution in [0.3, 0.4) is 0 Å². The Morgan fingerprint density at radius 1 is 1.17 bits per heavy atom. The van der Waals surface area contributed by atoms with Crippen molar-refractivity contribution in [3.05, 3.63) is 54.1 Å². The maximum absolute atomic E-state index is 12.0. The first kappa shape index (κ1) is 20.3. The Hall–Kier alpha value is -2.99. The largest absolute Gasteiger partial charge is 0.383 e. The summed E-state index contributed by atoms with van der Waals surface area (Å²) >= 11 is 0. The summed E-state index contributed by atoms with van der Waals surface area (Å²) in [6, 6.07) is 16.4. The fourth-order valence-corrected chi connectivity index (χ4v) is 3.96. The summed E-state index contributed by atoms with van der Waals surface area (Å²) in [5.74, 6) is 1.41. The Labute approximate surface area is 179 Å². The van der Waals surface area contributed by atoms with Gasteiger partial charge in [-0.05, 0) is 43.9 Å².